The van der Waals surface area contributed by atoms with Crippen LogP contribution in [0.2, 0.25) is 0 Å². The average Bonchev–Trinajstić information content (AvgIpc) is 3.12. The van der Waals surface area contributed by atoms with Gasteiger partial charge in [0.15, 0.2) is 5.69 Å². The van der Waals surface area contributed by atoms with Crippen LogP contribution in [0.3, 0.4) is 0 Å². The van der Waals surface area contributed by atoms with E-state index in [0.717, 1.165) is 11.7 Å². The molecule has 1 saturated heterocycles. The Morgan fingerprint density at radius 1 is 1.19 bits per heavy atom. The Morgan fingerprint density at radius 3 is 2.48 bits per heavy atom. The highest BCUT2D eigenvalue weighted by molar-refractivity contribution is 7.39. The molecule has 4 unspecified atom stereocenters. The van der Waals surface area contributed by atoms with Crippen LogP contribution < -0.4 is 10.6 Å². The van der Waals surface area contributed by atoms with Crippen LogP contribution in [-0.4, -0.2) is 59.2 Å². The molecule has 0 radical (unpaired) electrons. The minimum Gasteiger partial charge on any atom is -0.381 e. The summed E-state index contributed by atoms with van der Waals surface area (Å²) in [5.74, 6) is 0.341. The average molecular weight is 443 g/mol. The number of ether oxygens (including phenoxy) is 1. The molecule has 7 nitrogen and oxygen atoms in total. The number of aromatic nitrogens is 2. The van der Waals surface area contributed by atoms with E-state index in [1.54, 1.807) is 17.8 Å². The summed E-state index contributed by atoms with van der Waals surface area (Å²) >= 11 is 0. The van der Waals surface area contributed by atoms with Gasteiger partial charge >= 0.3 is 0 Å². The molecule has 2 amide bonds. The van der Waals surface area contributed by atoms with Crippen molar-refractivity contribution in [1.29, 1.82) is 0 Å². The van der Waals surface area contributed by atoms with E-state index in [9.17, 15) is 9.59 Å². The summed E-state index contributed by atoms with van der Waals surface area (Å²) in [7, 11) is 2.24. The van der Waals surface area contributed by atoms with E-state index in [2.05, 4.69) is 48.6 Å². The molecular weight excluding hydrogens is 411 g/mol. The Balaban J connectivity index is 1.67. The molecule has 0 spiro atoms. The van der Waals surface area contributed by atoms with Crippen LogP contribution in [0.5, 0.6) is 0 Å². The lowest BCUT2D eigenvalue weighted by molar-refractivity contribution is 0.0915. The van der Waals surface area contributed by atoms with Crippen LogP contribution in [-0.2, 0) is 4.74 Å². The molecule has 4 rings (SSSR count). The highest BCUT2D eigenvalue weighted by Crippen LogP contribution is 2.44. The molecule has 2 heterocycles. The van der Waals surface area contributed by atoms with Crippen molar-refractivity contribution >= 4 is 20.4 Å². The highest BCUT2D eigenvalue weighted by Gasteiger charge is 2.55. The molecule has 1 aromatic heterocycles. The van der Waals surface area contributed by atoms with Gasteiger partial charge in [0.05, 0.1) is 19.3 Å². The van der Waals surface area contributed by atoms with Gasteiger partial charge in [-0.05, 0) is 16.9 Å². The Kier molecular flexibility index (Phi) is 6.18. The lowest BCUT2D eigenvalue weighted by Crippen LogP contribution is -2.33. The van der Waals surface area contributed by atoms with E-state index in [1.807, 2.05) is 18.2 Å². The molecule has 2 aliphatic rings. The maximum atomic E-state index is 13.3. The van der Waals surface area contributed by atoms with Crippen molar-refractivity contribution in [3.05, 3.63) is 53.3 Å². The summed E-state index contributed by atoms with van der Waals surface area (Å²) in [5.41, 5.74) is 1.76. The topological polar surface area (TPSA) is 85.3 Å². The van der Waals surface area contributed by atoms with Gasteiger partial charge < -0.3 is 15.4 Å². The molecular formula is C23H31N4O3P. The zero-order valence-corrected chi connectivity index (χ0v) is 19.5. The Bertz CT molecular complexity index is 943. The minimum atomic E-state index is -0.297. The van der Waals surface area contributed by atoms with Crippen molar-refractivity contribution in [3.8, 4) is 0 Å². The third kappa shape index (κ3) is 4.83. The molecule has 2 N–H and O–H groups in total. The smallest absolute Gasteiger partial charge is 0.271 e. The Hall–Kier alpha value is -2.24. The fraction of sp³-hybridized carbons (Fsp3) is 0.522. The maximum absolute atomic E-state index is 13.3. The highest BCUT2D eigenvalue weighted by atomic mass is 31.1. The van der Waals surface area contributed by atoms with Gasteiger partial charge in [0.1, 0.15) is 5.69 Å². The molecule has 4 atom stereocenters. The largest absolute Gasteiger partial charge is 0.381 e. The third-order valence-electron chi connectivity index (χ3n) is 5.98. The van der Waals surface area contributed by atoms with Crippen molar-refractivity contribution in [3.63, 3.8) is 0 Å². The zero-order chi connectivity index (χ0) is 22.2. The van der Waals surface area contributed by atoms with Gasteiger partial charge in [-0.2, -0.15) is 5.10 Å². The van der Waals surface area contributed by atoms with Crippen LogP contribution >= 0.6 is 8.58 Å². The number of carbonyl (C=O) groups is 2. The summed E-state index contributed by atoms with van der Waals surface area (Å²) in [6.45, 7) is 8.06. The van der Waals surface area contributed by atoms with Crippen LogP contribution in [0.15, 0.2) is 36.4 Å². The molecule has 2 fully saturated rings. The molecule has 1 aromatic carbocycles. The zero-order valence-electron chi connectivity index (χ0n) is 18.5. The number of rotatable bonds is 7. The number of hydrogen-bond acceptors (Lipinski definition) is 4. The first kappa shape index (κ1) is 22.0. The van der Waals surface area contributed by atoms with Crippen LogP contribution in [0.1, 0.15) is 53.4 Å². The summed E-state index contributed by atoms with van der Waals surface area (Å²) in [5, 5.41) is 10.5. The second-order valence-electron chi connectivity index (χ2n) is 9.36. The van der Waals surface area contributed by atoms with Crippen molar-refractivity contribution < 1.29 is 14.3 Å². The number of fused-ring (bicyclic) bond motifs is 1. The first-order valence-electron chi connectivity index (χ1n) is 10.8. The lowest BCUT2D eigenvalue weighted by Gasteiger charge is -2.25. The van der Waals surface area contributed by atoms with E-state index < -0.39 is 0 Å². The monoisotopic (exact) mass is 442 g/mol. The Labute approximate surface area is 185 Å². The summed E-state index contributed by atoms with van der Waals surface area (Å²) in [6.07, 6.45) is 0.838. The minimum absolute atomic E-state index is 0.125. The molecule has 166 valence electrons. The third-order valence-corrected chi connectivity index (χ3v) is 7.63. The van der Waals surface area contributed by atoms with Gasteiger partial charge in [0.2, 0.25) is 0 Å². The predicted molar refractivity (Wildman–Crippen MR) is 122 cm³/mol. The van der Waals surface area contributed by atoms with Gasteiger partial charge in [-0.25, -0.2) is 0 Å². The first-order chi connectivity index (χ1) is 14.8. The fourth-order valence-corrected chi connectivity index (χ4v) is 5.36. The van der Waals surface area contributed by atoms with Gasteiger partial charge in [-0.3, -0.25) is 14.3 Å². The van der Waals surface area contributed by atoms with Crippen LogP contribution in [0, 0.1) is 11.8 Å². The SMILES string of the molecule is CNC(=O)c1cc(C(=O)NC2C3COCC32)n(C(CPC(C)(C)C)c2ccccc2)n1. The Morgan fingerprint density at radius 2 is 1.87 bits per heavy atom. The summed E-state index contributed by atoms with van der Waals surface area (Å²) in [6, 6.07) is 11.7. The van der Waals surface area contributed by atoms with E-state index in [4.69, 9.17) is 4.74 Å². The van der Waals surface area contributed by atoms with Crippen molar-refractivity contribution in [1.82, 2.24) is 20.4 Å². The predicted octanol–water partition coefficient (Wildman–Crippen LogP) is 2.68. The van der Waals surface area contributed by atoms with Gasteiger partial charge in [0.25, 0.3) is 11.8 Å². The standard InChI is InChI=1S/C23H31N4O3P/c1-23(2,3)31-13-19(14-8-6-5-7-9-14)27-18(10-17(26-27)21(28)24-4)22(29)25-20-15-11-30-12-16(15)20/h5-10,15-16,19-20,31H,11-13H2,1-4H3,(H,24,28)(H,25,29). The van der Waals surface area contributed by atoms with Crippen LogP contribution in [0.25, 0.3) is 0 Å². The van der Waals surface area contributed by atoms with E-state index >= 15 is 0 Å². The first-order valence-corrected chi connectivity index (χ1v) is 12.0. The lowest BCUT2D eigenvalue weighted by atomic mass is 10.1. The van der Waals surface area contributed by atoms with Crippen LogP contribution in [0.4, 0.5) is 0 Å². The molecule has 0 bridgehead atoms. The fourth-order valence-electron chi connectivity index (χ4n) is 4.14. The summed E-state index contributed by atoms with van der Waals surface area (Å²) < 4.78 is 7.19. The second-order valence-corrected chi connectivity index (χ2v) is 11.6. The van der Waals surface area contributed by atoms with Gasteiger partial charge in [-0.15, -0.1) is 8.58 Å². The number of benzene rings is 1. The molecule has 8 heteroatoms. The number of nitrogens with one attached hydrogen (secondary N) is 2. The number of carbonyl (C=O) groups excluding carboxylic acids is 2. The quantitative estimate of drug-likeness (QED) is 0.646. The number of amides is 2. The molecule has 1 aliphatic carbocycles. The number of nitrogens with zero attached hydrogens (tertiary/aromatic N) is 2. The van der Waals surface area contributed by atoms with Gasteiger partial charge in [-0.1, -0.05) is 51.1 Å². The number of hydrogen-bond donors (Lipinski definition) is 2. The van der Waals surface area contributed by atoms with Crippen molar-refractivity contribution in [2.75, 3.05) is 26.4 Å². The molecule has 2 aromatic rings. The molecule has 1 saturated carbocycles. The van der Waals surface area contributed by atoms with E-state index in [1.165, 1.54) is 0 Å². The van der Waals surface area contributed by atoms with Crippen molar-refractivity contribution in [2.45, 2.75) is 38.0 Å². The molecule has 31 heavy (non-hydrogen) atoms. The normalized spacial score (nSPS) is 23.5. The van der Waals surface area contributed by atoms with E-state index in [-0.39, 0.29) is 34.7 Å². The van der Waals surface area contributed by atoms with Gasteiger partial charge in [0, 0.05) is 31.0 Å². The van der Waals surface area contributed by atoms with E-state index in [0.29, 0.717) is 39.3 Å². The second kappa shape index (κ2) is 8.71. The molecule has 1 aliphatic heterocycles. The van der Waals surface area contributed by atoms with Crippen molar-refractivity contribution in [2.24, 2.45) is 11.8 Å². The maximum Gasteiger partial charge on any atom is 0.271 e. The summed E-state index contributed by atoms with van der Waals surface area (Å²) in [4.78, 5) is 25.6.